The van der Waals surface area contributed by atoms with E-state index in [-0.39, 0.29) is 5.69 Å². The number of esters is 1. The van der Waals surface area contributed by atoms with Crippen LogP contribution in [0.15, 0.2) is 84.0 Å². The molecule has 3 rings (SSSR count). The maximum atomic E-state index is 12.7. The fraction of sp³-hybridized carbons (Fsp3) is 0.0435. The van der Waals surface area contributed by atoms with Crippen molar-refractivity contribution in [1.82, 2.24) is 5.43 Å². The van der Waals surface area contributed by atoms with Crippen LogP contribution < -0.4 is 15.5 Å². The zero-order valence-electron chi connectivity index (χ0n) is 16.8. The number of anilines is 1. The van der Waals surface area contributed by atoms with Gasteiger partial charge >= 0.3 is 24.0 Å². The van der Waals surface area contributed by atoms with Crippen molar-refractivity contribution in [2.45, 2.75) is 6.18 Å². The molecule has 0 fully saturated rings. The van der Waals surface area contributed by atoms with E-state index in [1.165, 1.54) is 24.4 Å². The lowest BCUT2D eigenvalue weighted by atomic mass is 10.2. The first kappa shape index (κ1) is 23.2. The maximum Gasteiger partial charge on any atom is 0.416 e. The molecule has 0 saturated heterocycles. The standard InChI is InChI=1S/C23H16F3N3O4/c24-23(25,26)17-7-4-8-18(13-17)28-20(30)21(31)29-27-14-15-9-11-19(12-10-15)33-22(32)16-5-2-1-3-6-16/h1-14H,(H,28,30)(H,29,31). The molecule has 0 aromatic heterocycles. The van der Waals surface area contributed by atoms with Crippen LogP contribution in [-0.4, -0.2) is 24.0 Å². The Bertz CT molecular complexity index is 1180. The number of hydrogen-bond acceptors (Lipinski definition) is 5. The van der Waals surface area contributed by atoms with E-state index >= 15 is 0 Å². The topological polar surface area (TPSA) is 96.9 Å². The number of carbonyl (C=O) groups is 3. The van der Waals surface area contributed by atoms with Gasteiger partial charge in [0, 0.05) is 5.69 Å². The summed E-state index contributed by atoms with van der Waals surface area (Å²) in [5, 5.41) is 5.69. The molecule has 0 bridgehead atoms. The van der Waals surface area contributed by atoms with Crippen molar-refractivity contribution in [3.05, 3.63) is 95.6 Å². The number of carbonyl (C=O) groups excluding carboxylic acids is 3. The SMILES string of the molecule is O=C(NN=Cc1ccc(OC(=O)c2ccccc2)cc1)C(=O)Nc1cccc(C(F)(F)F)c1. The molecule has 33 heavy (non-hydrogen) atoms. The molecule has 0 aliphatic rings. The van der Waals surface area contributed by atoms with Crippen LogP contribution >= 0.6 is 0 Å². The number of rotatable bonds is 5. The van der Waals surface area contributed by atoms with Crippen molar-refractivity contribution >= 4 is 29.7 Å². The maximum absolute atomic E-state index is 12.7. The largest absolute Gasteiger partial charge is 0.423 e. The molecule has 3 aromatic carbocycles. The van der Waals surface area contributed by atoms with Gasteiger partial charge in [-0.25, -0.2) is 10.2 Å². The Morgan fingerprint density at radius 3 is 2.21 bits per heavy atom. The van der Waals surface area contributed by atoms with Gasteiger partial charge in [0.05, 0.1) is 17.3 Å². The second-order valence-electron chi connectivity index (χ2n) is 6.56. The fourth-order valence-electron chi connectivity index (χ4n) is 2.54. The molecule has 0 radical (unpaired) electrons. The minimum atomic E-state index is -4.58. The molecule has 2 amide bonds. The third-order valence-electron chi connectivity index (χ3n) is 4.13. The summed E-state index contributed by atoms with van der Waals surface area (Å²) < 4.78 is 43.4. The van der Waals surface area contributed by atoms with Crippen LogP contribution in [-0.2, 0) is 15.8 Å². The highest BCUT2D eigenvalue weighted by molar-refractivity contribution is 6.39. The van der Waals surface area contributed by atoms with Crippen LogP contribution in [0.3, 0.4) is 0 Å². The molecule has 0 saturated carbocycles. The van der Waals surface area contributed by atoms with Crippen molar-refractivity contribution < 1.29 is 32.3 Å². The van der Waals surface area contributed by atoms with Gasteiger partial charge in [-0.2, -0.15) is 18.3 Å². The normalized spacial score (nSPS) is 11.1. The summed E-state index contributed by atoms with van der Waals surface area (Å²) in [7, 11) is 0. The smallest absolute Gasteiger partial charge is 0.416 e. The van der Waals surface area contributed by atoms with Gasteiger partial charge in [0.15, 0.2) is 0 Å². The molecule has 0 aliphatic heterocycles. The van der Waals surface area contributed by atoms with Gasteiger partial charge in [-0.1, -0.05) is 24.3 Å². The van der Waals surface area contributed by atoms with Gasteiger partial charge in [-0.05, 0) is 60.2 Å². The number of hydrazone groups is 1. The van der Waals surface area contributed by atoms with Gasteiger partial charge in [-0.3, -0.25) is 9.59 Å². The molecule has 0 unspecified atom stereocenters. The number of alkyl halides is 3. The summed E-state index contributed by atoms with van der Waals surface area (Å²) in [6.45, 7) is 0. The van der Waals surface area contributed by atoms with Crippen LogP contribution in [0.4, 0.5) is 18.9 Å². The second kappa shape index (κ2) is 10.2. The van der Waals surface area contributed by atoms with Gasteiger partial charge in [0.1, 0.15) is 5.75 Å². The van der Waals surface area contributed by atoms with Crippen LogP contribution in [0.1, 0.15) is 21.5 Å². The highest BCUT2D eigenvalue weighted by Gasteiger charge is 2.30. The van der Waals surface area contributed by atoms with E-state index in [0.29, 0.717) is 22.9 Å². The Hall–Kier alpha value is -4.47. The zero-order valence-corrected chi connectivity index (χ0v) is 16.8. The molecule has 0 aliphatic carbocycles. The van der Waals surface area contributed by atoms with Crippen molar-refractivity contribution in [3.63, 3.8) is 0 Å². The van der Waals surface area contributed by atoms with Gasteiger partial charge in [0.25, 0.3) is 0 Å². The van der Waals surface area contributed by atoms with E-state index in [1.54, 1.807) is 42.5 Å². The lowest BCUT2D eigenvalue weighted by Gasteiger charge is -2.09. The number of benzene rings is 3. The first-order valence-corrected chi connectivity index (χ1v) is 9.41. The number of halogens is 3. The molecular weight excluding hydrogens is 439 g/mol. The van der Waals surface area contributed by atoms with Gasteiger partial charge in [0.2, 0.25) is 0 Å². The first-order valence-electron chi connectivity index (χ1n) is 9.41. The highest BCUT2D eigenvalue weighted by Crippen LogP contribution is 2.30. The van der Waals surface area contributed by atoms with Crippen molar-refractivity contribution in [2.24, 2.45) is 5.10 Å². The summed E-state index contributed by atoms with van der Waals surface area (Å²) >= 11 is 0. The molecule has 3 aromatic rings. The fourth-order valence-corrected chi connectivity index (χ4v) is 2.54. The number of amides is 2. The predicted molar refractivity (Wildman–Crippen MR) is 114 cm³/mol. The molecule has 0 atom stereocenters. The molecule has 0 spiro atoms. The van der Waals surface area contributed by atoms with Gasteiger partial charge in [-0.15, -0.1) is 0 Å². The van der Waals surface area contributed by atoms with Crippen molar-refractivity contribution in [1.29, 1.82) is 0 Å². The van der Waals surface area contributed by atoms with E-state index in [2.05, 4.69) is 10.4 Å². The number of nitrogens with one attached hydrogen (secondary N) is 2. The first-order chi connectivity index (χ1) is 15.7. The Morgan fingerprint density at radius 2 is 1.55 bits per heavy atom. The number of ether oxygens (including phenoxy) is 1. The third kappa shape index (κ3) is 6.76. The lowest BCUT2D eigenvalue weighted by Crippen LogP contribution is -2.32. The minimum Gasteiger partial charge on any atom is -0.423 e. The van der Waals surface area contributed by atoms with Crippen LogP contribution in [0, 0.1) is 0 Å². The molecule has 7 nitrogen and oxygen atoms in total. The Balaban J connectivity index is 1.51. The zero-order chi connectivity index (χ0) is 23.8. The molecule has 0 heterocycles. The van der Waals surface area contributed by atoms with Crippen LogP contribution in [0.5, 0.6) is 5.75 Å². The number of nitrogens with zero attached hydrogens (tertiary/aromatic N) is 1. The highest BCUT2D eigenvalue weighted by atomic mass is 19.4. The summed E-state index contributed by atoms with van der Waals surface area (Å²) in [5.74, 6) is -2.58. The van der Waals surface area contributed by atoms with E-state index in [9.17, 15) is 27.6 Å². The van der Waals surface area contributed by atoms with E-state index in [0.717, 1.165) is 12.1 Å². The molecule has 168 valence electrons. The average Bonchev–Trinajstić information content (AvgIpc) is 2.80. The molecule has 2 N–H and O–H groups in total. The Morgan fingerprint density at radius 1 is 0.848 bits per heavy atom. The van der Waals surface area contributed by atoms with E-state index in [1.807, 2.05) is 5.43 Å². The van der Waals surface area contributed by atoms with Gasteiger partial charge < -0.3 is 10.1 Å². The van der Waals surface area contributed by atoms with Crippen LogP contribution in [0.25, 0.3) is 0 Å². The summed E-state index contributed by atoms with van der Waals surface area (Å²) in [4.78, 5) is 35.7. The molecular formula is C23H16F3N3O4. The predicted octanol–water partition coefficient (Wildman–Crippen LogP) is 4.01. The molecule has 10 heteroatoms. The lowest BCUT2D eigenvalue weighted by molar-refractivity contribution is -0.137. The van der Waals surface area contributed by atoms with E-state index < -0.39 is 29.5 Å². The Kier molecular flexibility index (Phi) is 7.19. The summed E-state index contributed by atoms with van der Waals surface area (Å²) in [6, 6.07) is 18.5. The number of hydrogen-bond donors (Lipinski definition) is 2. The summed E-state index contributed by atoms with van der Waals surface area (Å²) in [6.07, 6.45) is -3.35. The second-order valence-corrected chi connectivity index (χ2v) is 6.56. The van der Waals surface area contributed by atoms with E-state index in [4.69, 9.17) is 4.74 Å². The quantitative estimate of drug-likeness (QED) is 0.200. The summed E-state index contributed by atoms with van der Waals surface area (Å²) in [5.41, 5.74) is 1.75. The minimum absolute atomic E-state index is 0.186. The third-order valence-corrected chi connectivity index (χ3v) is 4.13. The van der Waals surface area contributed by atoms with Crippen LogP contribution in [0.2, 0.25) is 0 Å². The van der Waals surface area contributed by atoms with Crippen molar-refractivity contribution in [2.75, 3.05) is 5.32 Å². The monoisotopic (exact) mass is 455 g/mol. The average molecular weight is 455 g/mol. The Labute approximate surface area is 185 Å². The van der Waals surface area contributed by atoms with Crippen molar-refractivity contribution in [3.8, 4) is 5.75 Å².